The van der Waals surface area contributed by atoms with Crippen LogP contribution in [0.3, 0.4) is 0 Å². The minimum atomic E-state index is -0.187. The highest BCUT2D eigenvalue weighted by Gasteiger charge is 2.20. The highest BCUT2D eigenvalue weighted by atomic mass is 16.1. The van der Waals surface area contributed by atoms with E-state index in [-0.39, 0.29) is 5.91 Å². The summed E-state index contributed by atoms with van der Waals surface area (Å²) in [4.78, 5) is 13.3. The predicted octanol–water partition coefficient (Wildman–Crippen LogP) is 1.75. The predicted molar refractivity (Wildman–Crippen MR) is 77.3 cm³/mol. The van der Waals surface area contributed by atoms with E-state index in [1.165, 1.54) is 18.4 Å². The molecule has 1 aromatic carbocycles. The van der Waals surface area contributed by atoms with E-state index in [1.807, 2.05) is 18.2 Å². The second kappa shape index (κ2) is 6.57. The van der Waals surface area contributed by atoms with E-state index in [9.17, 15) is 4.79 Å². The molecule has 0 aromatic heterocycles. The molecule has 0 aliphatic carbocycles. The summed E-state index contributed by atoms with van der Waals surface area (Å²) in [7, 11) is 0. The second-order valence-electron chi connectivity index (χ2n) is 5.49. The van der Waals surface area contributed by atoms with Gasteiger partial charge in [-0.05, 0) is 49.4 Å². The second-order valence-corrected chi connectivity index (χ2v) is 5.49. The largest absolute Gasteiger partial charge is 0.399 e. The Morgan fingerprint density at radius 2 is 2.26 bits per heavy atom. The van der Waals surface area contributed by atoms with Crippen molar-refractivity contribution in [1.82, 2.24) is 4.90 Å². The van der Waals surface area contributed by atoms with Crippen molar-refractivity contribution in [3.05, 3.63) is 29.8 Å². The Morgan fingerprint density at radius 1 is 1.42 bits per heavy atom. The molecule has 1 atom stereocenters. The fraction of sp³-hybridized carbons (Fsp3) is 0.533. The normalized spacial score (nSPS) is 20.3. The first-order valence-corrected chi connectivity index (χ1v) is 6.98. The van der Waals surface area contributed by atoms with Crippen molar-refractivity contribution in [2.45, 2.75) is 32.2 Å². The SMILES string of the molecule is NC(=O)CCC1CCCN(Cc2cccc(N)c2)C1. The maximum absolute atomic E-state index is 10.8. The Morgan fingerprint density at radius 3 is 3.00 bits per heavy atom. The van der Waals surface area contributed by atoms with Gasteiger partial charge < -0.3 is 11.5 Å². The number of carbonyl (C=O) groups excluding carboxylic acids is 1. The van der Waals surface area contributed by atoms with Crippen molar-refractivity contribution in [2.75, 3.05) is 18.8 Å². The summed E-state index contributed by atoms with van der Waals surface area (Å²) in [6, 6.07) is 8.06. The van der Waals surface area contributed by atoms with E-state index in [0.29, 0.717) is 12.3 Å². The molecule has 104 valence electrons. The summed E-state index contributed by atoms with van der Waals surface area (Å²) in [5, 5.41) is 0. The fourth-order valence-corrected chi connectivity index (χ4v) is 2.83. The quantitative estimate of drug-likeness (QED) is 0.793. The van der Waals surface area contributed by atoms with Crippen LogP contribution in [0.1, 0.15) is 31.2 Å². The summed E-state index contributed by atoms with van der Waals surface area (Å²) in [6.07, 6.45) is 3.84. The molecular weight excluding hydrogens is 238 g/mol. The number of benzene rings is 1. The molecule has 19 heavy (non-hydrogen) atoms. The third-order valence-electron chi connectivity index (χ3n) is 3.76. The molecule has 0 spiro atoms. The Bertz CT molecular complexity index is 433. The van der Waals surface area contributed by atoms with Crippen LogP contribution in [-0.2, 0) is 11.3 Å². The molecule has 0 radical (unpaired) electrons. The summed E-state index contributed by atoms with van der Waals surface area (Å²) in [5.74, 6) is 0.412. The van der Waals surface area contributed by atoms with Gasteiger partial charge in [-0.1, -0.05) is 12.1 Å². The number of rotatable bonds is 5. The number of primary amides is 1. The van der Waals surface area contributed by atoms with Gasteiger partial charge in [0.25, 0.3) is 0 Å². The number of hydrogen-bond acceptors (Lipinski definition) is 3. The lowest BCUT2D eigenvalue weighted by Gasteiger charge is -2.32. The average molecular weight is 261 g/mol. The van der Waals surface area contributed by atoms with Crippen LogP contribution < -0.4 is 11.5 Å². The third-order valence-corrected chi connectivity index (χ3v) is 3.76. The monoisotopic (exact) mass is 261 g/mol. The zero-order valence-corrected chi connectivity index (χ0v) is 11.3. The van der Waals surface area contributed by atoms with Gasteiger partial charge >= 0.3 is 0 Å². The molecule has 1 aromatic rings. The molecule has 4 heteroatoms. The molecule has 1 amide bonds. The van der Waals surface area contributed by atoms with Gasteiger partial charge in [0.15, 0.2) is 0 Å². The van der Waals surface area contributed by atoms with Gasteiger partial charge in [0.05, 0.1) is 0 Å². The first kappa shape index (κ1) is 13.9. The van der Waals surface area contributed by atoms with Crippen molar-refractivity contribution < 1.29 is 4.79 Å². The summed E-state index contributed by atoms with van der Waals surface area (Å²) < 4.78 is 0. The smallest absolute Gasteiger partial charge is 0.217 e. The molecule has 2 rings (SSSR count). The van der Waals surface area contributed by atoms with Crippen LogP contribution in [-0.4, -0.2) is 23.9 Å². The van der Waals surface area contributed by atoms with Crippen molar-refractivity contribution in [1.29, 1.82) is 0 Å². The molecular formula is C15H23N3O. The van der Waals surface area contributed by atoms with Gasteiger partial charge in [0, 0.05) is 25.2 Å². The summed E-state index contributed by atoms with van der Waals surface area (Å²) >= 11 is 0. The lowest BCUT2D eigenvalue weighted by atomic mass is 9.93. The Labute approximate surface area is 114 Å². The molecule has 1 fully saturated rings. The minimum absolute atomic E-state index is 0.187. The van der Waals surface area contributed by atoms with Crippen LogP contribution in [0, 0.1) is 5.92 Å². The molecule has 1 heterocycles. The standard InChI is InChI=1S/C15H23N3O/c16-14-5-1-3-13(9-14)11-18-8-2-4-12(10-18)6-7-15(17)19/h1,3,5,9,12H,2,4,6-8,10-11,16H2,(H2,17,19). The Kier molecular flexibility index (Phi) is 4.80. The van der Waals surface area contributed by atoms with Crippen molar-refractivity contribution in [2.24, 2.45) is 11.7 Å². The van der Waals surface area contributed by atoms with Crippen LogP contribution in [0.25, 0.3) is 0 Å². The van der Waals surface area contributed by atoms with Crippen LogP contribution in [0.2, 0.25) is 0 Å². The Hall–Kier alpha value is -1.55. The van der Waals surface area contributed by atoms with Crippen LogP contribution in [0.4, 0.5) is 5.69 Å². The molecule has 4 N–H and O–H groups in total. The van der Waals surface area contributed by atoms with Crippen molar-refractivity contribution in [3.8, 4) is 0 Å². The van der Waals surface area contributed by atoms with E-state index in [0.717, 1.165) is 31.7 Å². The molecule has 1 aliphatic rings. The summed E-state index contributed by atoms with van der Waals surface area (Å²) in [6.45, 7) is 3.13. The van der Waals surface area contributed by atoms with Crippen LogP contribution in [0.15, 0.2) is 24.3 Å². The molecule has 0 bridgehead atoms. The van der Waals surface area contributed by atoms with Gasteiger partial charge in [0.2, 0.25) is 5.91 Å². The van der Waals surface area contributed by atoms with E-state index in [1.54, 1.807) is 0 Å². The number of anilines is 1. The van der Waals surface area contributed by atoms with Gasteiger partial charge in [-0.25, -0.2) is 0 Å². The molecule has 1 aliphatic heterocycles. The number of piperidine rings is 1. The van der Waals surface area contributed by atoms with Crippen LogP contribution in [0.5, 0.6) is 0 Å². The number of nitrogen functional groups attached to an aromatic ring is 1. The first-order chi connectivity index (χ1) is 9.13. The number of nitrogens with zero attached hydrogens (tertiary/aromatic N) is 1. The maximum Gasteiger partial charge on any atom is 0.217 e. The van der Waals surface area contributed by atoms with Crippen molar-refractivity contribution >= 4 is 11.6 Å². The molecule has 0 saturated carbocycles. The third kappa shape index (κ3) is 4.56. The van der Waals surface area contributed by atoms with Gasteiger partial charge in [-0.3, -0.25) is 9.69 Å². The highest BCUT2D eigenvalue weighted by molar-refractivity contribution is 5.73. The number of carbonyl (C=O) groups is 1. The lowest BCUT2D eigenvalue weighted by molar-refractivity contribution is -0.118. The minimum Gasteiger partial charge on any atom is -0.399 e. The number of likely N-dealkylation sites (tertiary alicyclic amines) is 1. The first-order valence-electron chi connectivity index (χ1n) is 6.98. The van der Waals surface area contributed by atoms with Crippen molar-refractivity contribution in [3.63, 3.8) is 0 Å². The number of nitrogens with two attached hydrogens (primary N) is 2. The molecule has 1 unspecified atom stereocenters. The van der Waals surface area contributed by atoms with Crippen LogP contribution >= 0.6 is 0 Å². The maximum atomic E-state index is 10.8. The van der Waals surface area contributed by atoms with Gasteiger partial charge in [-0.2, -0.15) is 0 Å². The van der Waals surface area contributed by atoms with E-state index in [2.05, 4.69) is 11.0 Å². The number of hydrogen-bond donors (Lipinski definition) is 2. The topological polar surface area (TPSA) is 72.4 Å². The van der Waals surface area contributed by atoms with Gasteiger partial charge in [-0.15, -0.1) is 0 Å². The van der Waals surface area contributed by atoms with E-state index in [4.69, 9.17) is 11.5 Å². The molecule has 1 saturated heterocycles. The average Bonchev–Trinajstić information content (AvgIpc) is 2.37. The van der Waals surface area contributed by atoms with E-state index < -0.39 is 0 Å². The Balaban J connectivity index is 1.85. The van der Waals surface area contributed by atoms with E-state index >= 15 is 0 Å². The summed E-state index contributed by atoms with van der Waals surface area (Å²) in [5.41, 5.74) is 13.1. The highest BCUT2D eigenvalue weighted by Crippen LogP contribution is 2.22. The fourth-order valence-electron chi connectivity index (χ4n) is 2.83. The number of amides is 1. The van der Waals surface area contributed by atoms with Gasteiger partial charge in [0.1, 0.15) is 0 Å². The lowest BCUT2D eigenvalue weighted by Crippen LogP contribution is -2.35. The zero-order chi connectivity index (χ0) is 13.7. The molecule has 4 nitrogen and oxygen atoms in total. The zero-order valence-electron chi connectivity index (χ0n) is 11.3.